The van der Waals surface area contributed by atoms with E-state index >= 15 is 0 Å². The maximum absolute atomic E-state index is 6.80. The minimum absolute atomic E-state index is 0.171. The first-order valence-corrected chi connectivity index (χ1v) is 19.9. The Hall–Kier alpha value is 0.411. The van der Waals surface area contributed by atoms with Gasteiger partial charge in [-0.05, 0) is 92.3 Å². The molecule has 9 heteroatoms. The summed E-state index contributed by atoms with van der Waals surface area (Å²) in [5.74, 6) is 0. The van der Waals surface area contributed by atoms with Gasteiger partial charge in [0.1, 0.15) is 0 Å². The van der Waals surface area contributed by atoms with Gasteiger partial charge in [0.05, 0.1) is 6.10 Å². The number of likely N-dealkylation sites (tertiary alicyclic amines) is 1. The van der Waals surface area contributed by atoms with Crippen molar-refractivity contribution in [2.45, 2.75) is 108 Å². The van der Waals surface area contributed by atoms with Crippen LogP contribution >= 0.6 is 0 Å². The lowest BCUT2D eigenvalue weighted by Gasteiger charge is -2.53. The van der Waals surface area contributed by atoms with Gasteiger partial charge in [-0.3, -0.25) is 4.90 Å². The smallest absolute Gasteiger partial charge is 0.456 e. The van der Waals surface area contributed by atoms with E-state index in [-0.39, 0.29) is 11.1 Å². The van der Waals surface area contributed by atoms with E-state index in [2.05, 4.69) is 65.8 Å². The highest BCUT2D eigenvalue weighted by atomic mass is 28.4. The van der Waals surface area contributed by atoms with Crippen molar-refractivity contribution >= 4 is 25.4 Å². The van der Waals surface area contributed by atoms with Crippen molar-refractivity contribution in [2.24, 2.45) is 0 Å². The van der Waals surface area contributed by atoms with Crippen LogP contribution in [-0.2, 0) is 22.1 Å². The lowest BCUT2D eigenvalue weighted by Crippen LogP contribution is -2.60. The zero-order valence-corrected chi connectivity index (χ0v) is 25.5. The molecule has 0 aromatic rings. The van der Waals surface area contributed by atoms with Gasteiger partial charge in [0.25, 0.3) is 0 Å². The molecule has 1 fully saturated rings. The van der Waals surface area contributed by atoms with Crippen LogP contribution in [0.15, 0.2) is 0 Å². The van der Waals surface area contributed by atoms with Crippen molar-refractivity contribution in [3.8, 4) is 0 Å². The molecule has 0 atom stereocenters. The number of hydrogen-bond donors (Lipinski definition) is 0. The molecule has 1 aliphatic rings. The first-order chi connectivity index (χ1) is 14.0. The summed E-state index contributed by atoms with van der Waals surface area (Å²) in [6.07, 6.45) is 3.60. The topological polar surface area (TPSA) is 49.4 Å². The van der Waals surface area contributed by atoms with E-state index in [0.717, 1.165) is 44.0 Å². The van der Waals surface area contributed by atoms with Gasteiger partial charge in [0.2, 0.25) is 0 Å². The van der Waals surface area contributed by atoms with Gasteiger partial charge in [-0.25, -0.2) is 0 Å². The van der Waals surface area contributed by atoms with Crippen LogP contribution in [0.5, 0.6) is 0 Å². The number of piperidine rings is 1. The predicted octanol–water partition coefficient (Wildman–Crippen LogP) is 5.35. The molecule has 0 aromatic carbocycles. The van der Waals surface area contributed by atoms with Gasteiger partial charge in [0.15, 0.2) is 16.6 Å². The van der Waals surface area contributed by atoms with Crippen molar-refractivity contribution in [3.63, 3.8) is 0 Å². The normalized spacial score (nSPS) is 20.9. The molecule has 6 nitrogen and oxygen atoms in total. The largest absolute Gasteiger partial charge is 0.499 e. The van der Waals surface area contributed by atoms with Crippen LogP contribution in [0.2, 0.25) is 44.3 Å². The first-order valence-electron chi connectivity index (χ1n) is 11.7. The summed E-state index contributed by atoms with van der Waals surface area (Å²) in [7, 11) is 1.17. The summed E-state index contributed by atoms with van der Waals surface area (Å²) in [5.41, 5.74) is 0.342. The molecule has 1 rings (SSSR count). The minimum Gasteiger partial charge on any atom is -0.456 e. The van der Waals surface area contributed by atoms with Crippen LogP contribution in [-0.4, -0.2) is 82.5 Å². The molecule has 0 unspecified atom stereocenters. The second-order valence-electron chi connectivity index (χ2n) is 11.6. The predicted molar refractivity (Wildman–Crippen MR) is 137 cm³/mol. The van der Waals surface area contributed by atoms with E-state index in [1.54, 1.807) is 21.3 Å². The molecule has 1 aliphatic heterocycles. The van der Waals surface area contributed by atoms with Gasteiger partial charge in [-0.1, -0.05) is 0 Å². The molecule has 0 aromatic heterocycles. The third-order valence-corrected chi connectivity index (χ3v) is 17.7. The molecule has 1 heterocycles. The highest BCUT2D eigenvalue weighted by Crippen LogP contribution is 2.38. The summed E-state index contributed by atoms with van der Waals surface area (Å²) in [4.78, 5) is 2.50. The average molecular weight is 494 g/mol. The van der Waals surface area contributed by atoms with Crippen LogP contribution in [0.3, 0.4) is 0 Å². The Balaban J connectivity index is 2.49. The standard InChI is InChI=1S/C22H51NO5Si3/c1-21(2)18-20(19-22(3,4)23(21)5)27-14-13-15-29(9,10)28-30(11,12)16-17-31(24-6,25-7)26-8/h20H,13-19H2,1-12H3. The van der Waals surface area contributed by atoms with E-state index in [1.165, 1.54) is 0 Å². The zero-order chi connectivity index (χ0) is 24.1. The number of hydrogen-bond acceptors (Lipinski definition) is 6. The fourth-order valence-electron chi connectivity index (χ4n) is 5.01. The number of rotatable bonds is 13. The Bertz CT molecular complexity index is 527. The number of ether oxygens (including phenoxy) is 1. The van der Waals surface area contributed by atoms with E-state index in [1.807, 2.05) is 0 Å². The summed E-state index contributed by atoms with van der Waals surface area (Å²) < 4.78 is 29.9. The van der Waals surface area contributed by atoms with Gasteiger partial charge in [-0.2, -0.15) is 0 Å². The highest BCUT2D eigenvalue weighted by Gasteiger charge is 2.44. The van der Waals surface area contributed by atoms with E-state index in [9.17, 15) is 0 Å². The average Bonchev–Trinajstić information content (AvgIpc) is 2.63. The Morgan fingerprint density at radius 3 is 1.68 bits per heavy atom. The van der Waals surface area contributed by atoms with Crippen LogP contribution in [0.4, 0.5) is 0 Å². The fraction of sp³-hybridized carbons (Fsp3) is 1.00. The minimum atomic E-state index is -2.53. The molecule has 1 saturated heterocycles. The fourth-order valence-corrected chi connectivity index (χ4v) is 17.5. The van der Waals surface area contributed by atoms with Crippen molar-refractivity contribution in [1.82, 2.24) is 4.90 Å². The second-order valence-corrected chi connectivity index (χ2v) is 23.6. The maximum atomic E-state index is 6.80. The lowest BCUT2D eigenvalue weighted by molar-refractivity contribution is -0.0912. The molecule has 0 spiro atoms. The highest BCUT2D eigenvalue weighted by molar-refractivity contribution is 6.85. The van der Waals surface area contributed by atoms with E-state index in [0.29, 0.717) is 6.10 Å². The monoisotopic (exact) mass is 493 g/mol. The Kier molecular flexibility index (Phi) is 10.7. The summed E-state index contributed by atoms with van der Waals surface area (Å²) in [6.45, 7) is 19.4. The molecule has 0 saturated carbocycles. The molecular weight excluding hydrogens is 443 g/mol. The Morgan fingerprint density at radius 2 is 1.23 bits per heavy atom. The molecule has 0 amide bonds. The Morgan fingerprint density at radius 1 is 0.774 bits per heavy atom. The Labute approximate surface area is 195 Å². The molecule has 186 valence electrons. The molecule has 0 N–H and O–H groups in total. The van der Waals surface area contributed by atoms with Crippen LogP contribution in [0.25, 0.3) is 0 Å². The van der Waals surface area contributed by atoms with Crippen LogP contribution in [0.1, 0.15) is 47.0 Å². The molecular formula is C22H51NO5Si3. The lowest BCUT2D eigenvalue weighted by atomic mass is 9.79. The second kappa shape index (κ2) is 11.2. The van der Waals surface area contributed by atoms with Gasteiger partial charge >= 0.3 is 8.80 Å². The summed E-state index contributed by atoms with van der Waals surface area (Å²) in [5, 5.41) is 0. The van der Waals surface area contributed by atoms with Crippen molar-refractivity contribution < 1.29 is 22.1 Å². The molecule has 0 aliphatic carbocycles. The van der Waals surface area contributed by atoms with Gasteiger partial charge in [0, 0.05) is 45.1 Å². The quantitative estimate of drug-likeness (QED) is 0.255. The van der Waals surface area contributed by atoms with Crippen molar-refractivity contribution in [2.75, 3.05) is 35.0 Å². The van der Waals surface area contributed by atoms with Crippen molar-refractivity contribution in [1.29, 1.82) is 0 Å². The van der Waals surface area contributed by atoms with Gasteiger partial charge in [-0.15, -0.1) is 0 Å². The van der Waals surface area contributed by atoms with E-state index in [4.69, 9.17) is 22.1 Å². The van der Waals surface area contributed by atoms with Crippen LogP contribution < -0.4 is 0 Å². The SMILES string of the molecule is CO[Si](CC[Si](C)(C)O[Si](C)(C)CCCOC1CC(C)(C)N(C)C(C)(C)C1)(OC)OC. The van der Waals surface area contributed by atoms with Gasteiger partial charge < -0.3 is 22.1 Å². The zero-order valence-electron chi connectivity index (χ0n) is 22.5. The molecule has 0 bridgehead atoms. The first kappa shape index (κ1) is 29.4. The summed E-state index contributed by atoms with van der Waals surface area (Å²) >= 11 is 0. The molecule has 0 radical (unpaired) electrons. The van der Waals surface area contributed by atoms with Crippen LogP contribution in [0, 0.1) is 0 Å². The third kappa shape index (κ3) is 8.94. The molecule has 31 heavy (non-hydrogen) atoms. The number of nitrogens with zero attached hydrogens (tertiary/aromatic N) is 1. The van der Waals surface area contributed by atoms with E-state index < -0.39 is 25.4 Å². The summed E-state index contributed by atoms with van der Waals surface area (Å²) in [6, 6.07) is 2.93. The maximum Gasteiger partial charge on any atom is 0.499 e. The van der Waals surface area contributed by atoms with Crippen molar-refractivity contribution in [3.05, 3.63) is 0 Å². The third-order valence-electron chi connectivity index (χ3n) is 7.07.